The van der Waals surface area contributed by atoms with Crippen molar-refractivity contribution in [3.05, 3.63) is 51.2 Å². The van der Waals surface area contributed by atoms with Crippen molar-refractivity contribution in [1.29, 1.82) is 0 Å². The lowest BCUT2D eigenvalue weighted by atomic mass is 9.98. The summed E-state index contributed by atoms with van der Waals surface area (Å²) in [5, 5.41) is 7.26. The molecule has 1 aromatic heterocycles. The third kappa shape index (κ3) is 7.70. The van der Waals surface area contributed by atoms with E-state index in [1.54, 1.807) is 23.5 Å². The summed E-state index contributed by atoms with van der Waals surface area (Å²) in [4.78, 5) is 22.0. The Bertz CT molecular complexity index is 775. The monoisotopic (exact) mass is 519 g/mol. The number of benzene rings is 1. The van der Waals surface area contributed by atoms with E-state index in [1.165, 1.54) is 17.0 Å². The molecule has 9 heteroatoms. The molecule has 0 saturated heterocycles. The maximum Gasteiger partial charge on any atom is 0.222 e. The lowest BCUT2D eigenvalue weighted by Gasteiger charge is -2.17. The molecule has 0 fully saturated rings. The molecule has 0 saturated carbocycles. The van der Waals surface area contributed by atoms with Crippen LogP contribution >= 0.6 is 35.3 Å². The number of hydrogen-bond acceptors (Lipinski definition) is 4. The van der Waals surface area contributed by atoms with Crippen molar-refractivity contribution >= 4 is 47.2 Å². The smallest absolute Gasteiger partial charge is 0.222 e. The molecule has 0 bridgehead atoms. The Morgan fingerprint density at radius 2 is 1.96 bits per heavy atom. The van der Waals surface area contributed by atoms with Crippen LogP contribution in [0.2, 0.25) is 0 Å². The van der Waals surface area contributed by atoms with Crippen LogP contribution in [0.3, 0.4) is 0 Å². The zero-order valence-electron chi connectivity index (χ0n) is 16.3. The molecule has 1 heterocycles. The average molecular weight is 519 g/mol. The SMILES string of the molecule is CCNC(=NCc1nc(C)c(C)s1)NCC(Cc1ccc(F)cc1)C(N)=O.I. The number of carbonyl (C=O) groups is 1. The quantitative estimate of drug-likeness (QED) is 0.284. The normalized spacial score (nSPS) is 12.2. The molecule has 4 N–H and O–H groups in total. The second-order valence-corrected chi connectivity index (χ2v) is 7.54. The predicted octanol–water partition coefficient (Wildman–Crippen LogP) is 2.92. The van der Waals surface area contributed by atoms with Crippen molar-refractivity contribution in [2.45, 2.75) is 33.7 Å². The summed E-state index contributed by atoms with van der Waals surface area (Å²) in [6.45, 7) is 7.49. The van der Waals surface area contributed by atoms with E-state index in [9.17, 15) is 9.18 Å². The number of aryl methyl sites for hydroxylation is 2. The second kappa shape index (κ2) is 11.9. The fourth-order valence-corrected chi connectivity index (χ4v) is 3.35. The molecule has 1 unspecified atom stereocenters. The van der Waals surface area contributed by atoms with E-state index in [2.05, 4.69) is 20.6 Å². The van der Waals surface area contributed by atoms with E-state index in [4.69, 9.17) is 5.73 Å². The third-order valence-electron chi connectivity index (χ3n) is 4.10. The van der Waals surface area contributed by atoms with Crippen LogP contribution in [0.5, 0.6) is 0 Å². The number of aliphatic imine (C=N–C) groups is 1. The van der Waals surface area contributed by atoms with Crippen molar-refractivity contribution in [2.75, 3.05) is 13.1 Å². The lowest BCUT2D eigenvalue weighted by molar-refractivity contribution is -0.121. The van der Waals surface area contributed by atoms with Gasteiger partial charge >= 0.3 is 0 Å². The molecule has 1 amide bonds. The first-order valence-corrected chi connectivity index (χ1v) is 9.69. The van der Waals surface area contributed by atoms with Gasteiger partial charge in [-0.15, -0.1) is 35.3 Å². The van der Waals surface area contributed by atoms with E-state index in [1.807, 2.05) is 20.8 Å². The van der Waals surface area contributed by atoms with Crippen molar-refractivity contribution in [3.8, 4) is 0 Å². The number of nitrogens with two attached hydrogens (primary N) is 1. The van der Waals surface area contributed by atoms with Gasteiger partial charge in [-0.05, 0) is 44.9 Å². The fraction of sp³-hybridized carbons (Fsp3) is 0.421. The van der Waals surface area contributed by atoms with Gasteiger partial charge in [-0.3, -0.25) is 4.79 Å². The summed E-state index contributed by atoms with van der Waals surface area (Å²) < 4.78 is 13.0. The molecular formula is C19H27FIN5OS. The van der Waals surface area contributed by atoms with E-state index >= 15 is 0 Å². The zero-order chi connectivity index (χ0) is 19.8. The number of guanidine groups is 1. The number of halogens is 2. The summed E-state index contributed by atoms with van der Waals surface area (Å²) >= 11 is 1.63. The number of nitrogens with one attached hydrogen (secondary N) is 2. The molecule has 2 rings (SSSR count). The van der Waals surface area contributed by atoms with E-state index in [0.29, 0.717) is 32.0 Å². The Hall–Kier alpha value is -1.75. The summed E-state index contributed by atoms with van der Waals surface area (Å²) in [6.07, 6.45) is 0.437. The number of carbonyl (C=O) groups excluding carboxylic acids is 1. The molecule has 0 radical (unpaired) electrons. The van der Waals surface area contributed by atoms with Crippen LogP contribution in [-0.4, -0.2) is 29.9 Å². The number of rotatable bonds is 8. The van der Waals surface area contributed by atoms with Gasteiger partial charge in [-0.25, -0.2) is 14.4 Å². The van der Waals surface area contributed by atoms with Crippen molar-refractivity contribution in [3.63, 3.8) is 0 Å². The second-order valence-electron chi connectivity index (χ2n) is 6.26. The first kappa shape index (κ1) is 24.3. The topological polar surface area (TPSA) is 92.4 Å². The van der Waals surface area contributed by atoms with E-state index < -0.39 is 11.8 Å². The van der Waals surface area contributed by atoms with Crippen LogP contribution in [-0.2, 0) is 17.8 Å². The van der Waals surface area contributed by atoms with Crippen molar-refractivity contribution < 1.29 is 9.18 Å². The highest BCUT2D eigenvalue weighted by molar-refractivity contribution is 14.0. The Morgan fingerprint density at radius 3 is 2.50 bits per heavy atom. The van der Waals surface area contributed by atoms with Gasteiger partial charge in [0.15, 0.2) is 5.96 Å². The number of aromatic nitrogens is 1. The van der Waals surface area contributed by atoms with Gasteiger partial charge < -0.3 is 16.4 Å². The molecular weight excluding hydrogens is 492 g/mol. The molecule has 1 aromatic carbocycles. The standard InChI is InChI=1S/C19H26FN5OS.HI/c1-4-22-19(24-11-17-25-12(2)13(3)27-17)23-10-15(18(21)26)9-14-5-7-16(20)8-6-14;/h5-8,15H,4,9-11H2,1-3H3,(H2,21,26)(H2,22,23,24);1H. The minimum Gasteiger partial charge on any atom is -0.369 e. The van der Waals surface area contributed by atoms with Crippen molar-refractivity contribution in [2.24, 2.45) is 16.6 Å². The molecule has 0 aliphatic rings. The first-order valence-electron chi connectivity index (χ1n) is 8.87. The highest BCUT2D eigenvalue weighted by Gasteiger charge is 2.17. The molecule has 6 nitrogen and oxygen atoms in total. The van der Waals surface area contributed by atoms with Crippen LogP contribution in [0.25, 0.3) is 0 Å². The Kier molecular flexibility index (Phi) is 10.4. The zero-order valence-corrected chi connectivity index (χ0v) is 19.4. The summed E-state index contributed by atoms with van der Waals surface area (Å²) in [5.41, 5.74) is 7.42. The Morgan fingerprint density at radius 1 is 1.29 bits per heavy atom. The third-order valence-corrected chi connectivity index (χ3v) is 5.16. The maximum absolute atomic E-state index is 13.0. The van der Waals surface area contributed by atoms with Crippen molar-refractivity contribution in [1.82, 2.24) is 15.6 Å². The largest absolute Gasteiger partial charge is 0.369 e. The Labute approximate surface area is 186 Å². The Balaban J connectivity index is 0.00000392. The van der Waals surface area contributed by atoms with Crippen LogP contribution in [0, 0.1) is 25.6 Å². The van der Waals surface area contributed by atoms with Crippen LogP contribution in [0.1, 0.15) is 28.1 Å². The number of primary amides is 1. The molecule has 2 aromatic rings. The first-order chi connectivity index (χ1) is 12.9. The summed E-state index contributed by atoms with van der Waals surface area (Å²) in [5.74, 6) is -0.535. The highest BCUT2D eigenvalue weighted by Crippen LogP contribution is 2.17. The molecule has 0 aliphatic carbocycles. The van der Waals surface area contributed by atoms with Gasteiger partial charge in [-0.2, -0.15) is 0 Å². The van der Waals surface area contributed by atoms with Crippen LogP contribution in [0.4, 0.5) is 4.39 Å². The molecule has 0 spiro atoms. The fourth-order valence-electron chi connectivity index (χ4n) is 2.49. The van der Waals surface area contributed by atoms with Gasteiger partial charge in [0.1, 0.15) is 10.8 Å². The van der Waals surface area contributed by atoms with Crippen LogP contribution in [0.15, 0.2) is 29.3 Å². The summed E-state index contributed by atoms with van der Waals surface area (Å²) in [7, 11) is 0. The van der Waals surface area contributed by atoms with Gasteiger partial charge in [-0.1, -0.05) is 12.1 Å². The highest BCUT2D eigenvalue weighted by atomic mass is 127. The maximum atomic E-state index is 13.0. The van der Waals surface area contributed by atoms with Gasteiger partial charge in [0.25, 0.3) is 0 Å². The molecule has 154 valence electrons. The number of hydrogen-bond donors (Lipinski definition) is 3. The van der Waals surface area contributed by atoms with Crippen LogP contribution < -0.4 is 16.4 Å². The minimum atomic E-state index is -0.427. The van der Waals surface area contributed by atoms with Gasteiger partial charge in [0.2, 0.25) is 5.91 Å². The number of nitrogens with zero attached hydrogens (tertiary/aromatic N) is 2. The van der Waals surface area contributed by atoms with E-state index in [0.717, 1.165) is 16.3 Å². The lowest BCUT2D eigenvalue weighted by Crippen LogP contribution is -2.43. The molecule has 1 atom stereocenters. The van der Waals surface area contributed by atoms with E-state index in [-0.39, 0.29) is 29.8 Å². The minimum absolute atomic E-state index is 0. The molecule has 28 heavy (non-hydrogen) atoms. The average Bonchev–Trinajstić information content (AvgIpc) is 2.95. The molecule has 0 aliphatic heterocycles. The number of amides is 1. The van der Waals surface area contributed by atoms with Gasteiger partial charge in [0, 0.05) is 18.0 Å². The predicted molar refractivity (Wildman–Crippen MR) is 123 cm³/mol. The number of thiazole rings is 1. The van der Waals surface area contributed by atoms with Gasteiger partial charge in [0.05, 0.1) is 18.2 Å². The summed E-state index contributed by atoms with van der Waals surface area (Å²) in [6, 6.07) is 6.09.